The smallest absolute Gasteiger partial charge is 0.0572 e. The predicted molar refractivity (Wildman–Crippen MR) is 87.7 cm³/mol. The first-order chi connectivity index (χ1) is 10.2. The Kier molecular flexibility index (Phi) is 4.45. The first kappa shape index (κ1) is 14.8. The molecule has 3 unspecified atom stereocenters. The van der Waals surface area contributed by atoms with Gasteiger partial charge in [-0.1, -0.05) is 6.92 Å². The molecule has 0 bridgehead atoms. The largest absolute Gasteiger partial charge is 0.365 e. The van der Waals surface area contributed by atoms with Crippen LogP contribution in [-0.2, 0) is 0 Å². The summed E-state index contributed by atoms with van der Waals surface area (Å²) in [4.78, 5) is 9.88. The molecule has 0 aromatic carbocycles. The summed E-state index contributed by atoms with van der Waals surface area (Å²) in [5.41, 5.74) is 2.41. The van der Waals surface area contributed by atoms with E-state index in [0.717, 1.165) is 24.8 Å². The molecule has 0 spiro atoms. The van der Waals surface area contributed by atoms with Crippen LogP contribution in [0.2, 0.25) is 0 Å². The highest BCUT2D eigenvalue weighted by atomic mass is 15.3. The number of aromatic nitrogens is 1. The van der Waals surface area contributed by atoms with Crippen molar-refractivity contribution in [3.05, 3.63) is 24.0 Å². The van der Waals surface area contributed by atoms with E-state index in [4.69, 9.17) is 0 Å². The molecular formula is C17H28N4. The lowest BCUT2D eigenvalue weighted by atomic mass is 10.1. The van der Waals surface area contributed by atoms with Gasteiger partial charge < -0.3 is 10.2 Å². The lowest BCUT2D eigenvalue weighted by Gasteiger charge is -2.43. The van der Waals surface area contributed by atoms with Crippen LogP contribution < -0.4 is 10.2 Å². The van der Waals surface area contributed by atoms with E-state index in [1.54, 1.807) is 0 Å². The number of fused-ring (bicyclic) bond motifs is 1. The van der Waals surface area contributed by atoms with Gasteiger partial charge in [-0.25, -0.2) is 0 Å². The zero-order valence-corrected chi connectivity index (χ0v) is 13.5. The van der Waals surface area contributed by atoms with Crippen LogP contribution in [0.4, 0.5) is 5.69 Å². The van der Waals surface area contributed by atoms with Gasteiger partial charge in [0.2, 0.25) is 0 Å². The zero-order valence-electron chi connectivity index (χ0n) is 13.5. The van der Waals surface area contributed by atoms with E-state index >= 15 is 0 Å². The Bertz CT molecular complexity index is 458. The highest BCUT2D eigenvalue weighted by Gasteiger charge is 2.34. The van der Waals surface area contributed by atoms with Crippen LogP contribution in [0.15, 0.2) is 18.3 Å². The highest BCUT2D eigenvalue weighted by Crippen LogP contribution is 2.28. The Labute approximate surface area is 128 Å². The third-order valence-corrected chi connectivity index (χ3v) is 4.99. The van der Waals surface area contributed by atoms with Crippen LogP contribution >= 0.6 is 0 Å². The van der Waals surface area contributed by atoms with E-state index in [1.807, 2.05) is 0 Å². The van der Waals surface area contributed by atoms with Crippen LogP contribution in [0.5, 0.6) is 0 Å². The van der Waals surface area contributed by atoms with Gasteiger partial charge in [-0.3, -0.25) is 9.88 Å². The van der Waals surface area contributed by atoms with Gasteiger partial charge in [0.05, 0.1) is 17.6 Å². The summed E-state index contributed by atoms with van der Waals surface area (Å²) in [5, 5.41) is 3.42. The van der Waals surface area contributed by atoms with Crippen molar-refractivity contribution in [1.82, 2.24) is 15.2 Å². The Morgan fingerprint density at radius 2 is 2.24 bits per heavy atom. The molecule has 0 radical (unpaired) electrons. The number of nitrogens with one attached hydrogen (secondary N) is 1. The quantitative estimate of drug-likeness (QED) is 0.922. The molecule has 116 valence electrons. The van der Waals surface area contributed by atoms with Crippen molar-refractivity contribution in [2.75, 3.05) is 31.1 Å². The van der Waals surface area contributed by atoms with Gasteiger partial charge in [0.15, 0.2) is 0 Å². The molecule has 1 N–H and O–H groups in total. The number of hydrogen-bond donors (Lipinski definition) is 1. The van der Waals surface area contributed by atoms with Crippen molar-refractivity contribution in [1.29, 1.82) is 0 Å². The lowest BCUT2D eigenvalue weighted by molar-refractivity contribution is 0.203. The van der Waals surface area contributed by atoms with Gasteiger partial charge >= 0.3 is 0 Å². The molecule has 21 heavy (non-hydrogen) atoms. The van der Waals surface area contributed by atoms with E-state index in [9.17, 15) is 0 Å². The lowest BCUT2D eigenvalue weighted by Crippen LogP contribution is -2.55. The summed E-state index contributed by atoms with van der Waals surface area (Å²) < 4.78 is 0. The second-order valence-corrected chi connectivity index (χ2v) is 6.51. The van der Waals surface area contributed by atoms with Crippen LogP contribution in [0.1, 0.15) is 45.3 Å². The second-order valence-electron chi connectivity index (χ2n) is 6.51. The van der Waals surface area contributed by atoms with E-state index in [1.165, 1.54) is 31.6 Å². The van der Waals surface area contributed by atoms with Crippen molar-refractivity contribution in [2.24, 2.45) is 0 Å². The summed E-state index contributed by atoms with van der Waals surface area (Å²) in [6.07, 6.45) is 4.78. The molecule has 3 heterocycles. The van der Waals surface area contributed by atoms with Gasteiger partial charge in [0.1, 0.15) is 0 Å². The molecule has 2 saturated heterocycles. The van der Waals surface area contributed by atoms with Gasteiger partial charge in [-0.15, -0.1) is 0 Å². The molecule has 2 aliphatic heterocycles. The Morgan fingerprint density at radius 1 is 1.38 bits per heavy atom. The molecule has 3 rings (SSSR count). The topological polar surface area (TPSA) is 31.4 Å². The van der Waals surface area contributed by atoms with E-state index in [0.29, 0.717) is 12.1 Å². The number of anilines is 1. The molecule has 4 nitrogen and oxygen atoms in total. The van der Waals surface area contributed by atoms with Crippen LogP contribution in [0, 0.1) is 0 Å². The number of hydrogen-bond acceptors (Lipinski definition) is 4. The molecule has 3 atom stereocenters. The fraction of sp³-hybridized carbons (Fsp3) is 0.706. The van der Waals surface area contributed by atoms with Crippen molar-refractivity contribution in [3.63, 3.8) is 0 Å². The van der Waals surface area contributed by atoms with E-state index < -0.39 is 0 Å². The average Bonchev–Trinajstić information content (AvgIpc) is 2.94. The van der Waals surface area contributed by atoms with E-state index in [-0.39, 0.29) is 0 Å². The van der Waals surface area contributed by atoms with Crippen molar-refractivity contribution in [2.45, 2.75) is 51.7 Å². The molecule has 2 aliphatic rings. The maximum Gasteiger partial charge on any atom is 0.0572 e. The molecule has 1 aromatic rings. The fourth-order valence-corrected chi connectivity index (χ4v) is 3.78. The normalized spacial score (nSPS) is 27.7. The standard InChI is InChI=1S/C17H28N4/c1-4-18-14(3)17-8-7-15(10-19-17)21-12-16-6-5-9-20(16)11-13(21)2/h7-8,10,13-14,16,18H,4-6,9,11-12H2,1-3H3. The number of piperazine rings is 1. The first-order valence-corrected chi connectivity index (χ1v) is 8.39. The second kappa shape index (κ2) is 6.32. The van der Waals surface area contributed by atoms with Crippen molar-refractivity contribution < 1.29 is 0 Å². The molecule has 0 saturated carbocycles. The molecular weight excluding hydrogens is 260 g/mol. The van der Waals surface area contributed by atoms with Gasteiger partial charge in [-0.05, 0) is 51.9 Å². The van der Waals surface area contributed by atoms with Crippen molar-refractivity contribution >= 4 is 5.69 Å². The SMILES string of the molecule is CCNC(C)c1ccc(N2CC3CCCN3CC2C)cn1. The fourth-order valence-electron chi connectivity index (χ4n) is 3.78. The zero-order chi connectivity index (χ0) is 14.8. The summed E-state index contributed by atoms with van der Waals surface area (Å²) in [5.74, 6) is 0. The molecule has 1 aromatic heterocycles. The number of nitrogens with zero attached hydrogens (tertiary/aromatic N) is 3. The molecule has 0 amide bonds. The minimum absolute atomic E-state index is 0.327. The van der Waals surface area contributed by atoms with Crippen LogP contribution in [0.25, 0.3) is 0 Å². The number of rotatable bonds is 4. The Hall–Kier alpha value is -1.13. The maximum atomic E-state index is 4.67. The predicted octanol–water partition coefficient (Wildman–Crippen LogP) is 2.43. The summed E-state index contributed by atoms with van der Waals surface area (Å²) in [6.45, 7) is 11.3. The minimum atomic E-state index is 0.327. The number of pyridine rings is 1. The maximum absolute atomic E-state index is 4.67. The first-order valence-electron chi connectivity index (χ1n) is 8.39. The Morgan fingerprint density at radius 3 is 2.95 bits per heavy atom. The van der Waals surface area contributed by atoms with Gasteiger partial charge in [0, 0.05) is 31.2 Å². The molecule has 4 heteroatoms. The van der Waals surface area contributed by atoms with Crippen LogP contribution in [-0.4, -0.2) is 48.1 Å². The average molecular weight is 288 g/mol. The van der Waals surface area contributed by atoms with Crippen LogP contribution in [0.3, 0.4) is 0 Å². The Balaban J connectivity index is 1.71. The third kappa shape index (κ3) is 3.06. The third-order valence-electron chi connectivity index (χ3n) is 4.99. The summed E-state index contributed by atoms with van der Waals surface area (Å²) in [6, 6.07) is 6.08. The van der Waals surface area contributed by atoms with Crippen molar-refractivity contribution in [3.8, 4) is 0 Å². The summed E-state index contributed by atoms with van der Waals surface area (Å²) >= 11 is 0. The van der Waals surface area contributed by atoms with Gasteiger partial charge in [-0.2, -0.15) is 0 Å². The molecule has 0 aliphatic carbocycles. The summed E-state index contributed by atoms with van der Waals surface area (Å²) in [7, 11) is 0. The van der Waals surface area contributed by atoms with E-state index in [2.05, 4.69) is 59.2 Å². The highest BCUT2D eigenvalue weighted by molar-refractivity contribution is 5.47. The minimum Gasteiger partial charge on any atom is -0.365 e. The molecule has 2 fully saturated rings. The van der Waals surface area contributed by atoms with Gasteiger partial charge in [0.25, 0.3) is 0 Å². The monoisotopic (exact) mass is 288 g/mol.